The number of para-hydroxylation sites is 1. The molecule has 0 aliphatic heterocycles. The first kappa shape index (κ1) is 13.5. The maximum atomic E-state index is 12.1. The fourth-order valence-electron chi connectivity index (χ4n) is 1.41. The molecule has 3 nitrogen and oxygen atoms in total. The van der Waals surface area contributed by atoms with E-state index in [1.807, 2.05) is 0 Å². The summed E-state index contributed by atoms with van der Waals surface area (Å²) in [6.45, 7) is 0. The quantitative estimate of drug-likeness (QED) is 0.881. The molecule has 0 bridgehead atoms. The minimum atomic E-state index is -4.90. The van der Waals surface area contributed by atoms with Crippen LogP contribution in [0.3, 0.4) is 0 Å². The van der Waals surface area contributed by atoms with Crippen LogP contribution in [0.1, 0.15) is 5.56 Å². The number of carbonyl (C=O) groups is 1. The lowest BCUT2D eigenvalue weighted by molar-refractivity contribution is -0.172. The van der Waals surface area contributed by atoms with Gasteiger partial charge in [-0.25, -0.2) is 0 Å². The molecule has 0 aromatic heterocycles. The Morgan fingerprint density at radius 2 is 2.00 bits per heavy atom. The van der Waals surface area contributed by atoms with E-state index in [4.69, 9.17) is 10.5 Å². The summed E-state index contributed by atoms with van der Waals surface area (Å²) in [7, 11) is 1.40. The normalized spacial score (nSPS) is 13.2. The Kier molecular flexibility index (Phi) is 4.11. The maximum absolute atomic E-state index is 12.1. The summed E-state index contributed by atoms with van der Waals surface area (Å²) in [5.74, 6) is -1.51. The average molecular weight is 247 g/mol. The largest absolute Gasteiger partial charge is 0.496 e. The zero-order valence-corrected chi connectivity index (χ0v) is 9.12. The summed E-state index contributed by atoms with van der Waals surface area (Å²) in [5.41, 5.74) is 5.71. The SMILES string of the molecule is COc1ccccc1CC(N)C(=O)C(F)(F)F. The Hall–Kier alpha value is -1.56. The highest BCUT2D eigenvalue weighted by molar-refractivity contribution is 5.89. The number of hydrogen-bond acceptors (Lipinski definition) is 3. The molecule has 1 aromatic rings. The van der Waals surface area contributed by atoms with Crippen LogP contribution >= 0.6 is 0 Å². The van der Waals surface area contributed by atoms with Gasteiger partial charge in [-0.05, 0) is 18.1 Å². The van der Waals surface area contributed by atoms with Crippen molar-refractivity contribution in [2.24, 2.45) is 5.73 Å². The van der Waals surface area contributed by atoms with Crippen molar-refractivity contribution in [1.29, 1.82) is 0 Å². The van der Waals surface area contributed by atoms with E-state index in [1.165, 1.54) is 7.11 Å². The van der Waals surface area contributed by atoms with Crippen LogP contribution in [0, 0.1) is 0 Å². The summed E-state index contributed by atoms with van der Waals surface area (Å²) >= 11 is 0. The first-order valence-electron chi connectivity index (χ1n) is 4.84. The van der Waals surface area contributed by atoms with Gasteiger partial charge in [-0.2, -0.15) is 13.2 Å². The number of hydrogen-bond donors (Lipinski definition) is 1. The predicted molar refractivity (Wildman–Crippen MR) is 55.7 cm³/mol. The highest BCUT2D eigenvalue weighted by Crippen LogP contribution is 2.22. The molecule has 1 atom stereocenters. The number of rotatable bonds is 4. The topological polar surface area (TPSA) is 52.3 Å². The number of Topliss-reactive ketones (excluding diaryl/α,β-unsaturated/α-hetero) is 1. The molecule has 0 saturated heterocycles. The van der Waals surface area contributed by atoms with Crippen molar-refractivity contribution >= 4 is 5.78 Å². The van der Waals surface area contributed by atoms with Crippen molar-refractivity contribution in [2.75, 3.05) is 7.11 Å². The second-order valence-electron chi connectivity index (χ2n) is 3.48. The van der Waals surface area contributed by atoms with Crippen molar-refractivity contribution in [3.05, 3.63) is 29.8 Å². The molecule has 0 aliphatic carbocycles. The Balaban J connectivity index is 2.81. The predicted octanol–water partition coefficient (Wildman–Crippen LogP) is 1.70. The highest BCUT2D eigenvalue weighted by Gasteiger charge is 2.41. The molecule has 1 rings (SSSR count). The van der Waals surface area contributed by atoms with Gasteiger partial charge < -0.3 is 10.5 Å². The molecule has 0 amide bonds. The fraction of sp³-hybridized carbons (Fsp3) is 0.364. The van der Waals surface area contributed by atoms with Crippen LogP contribution < -0.4 is 10.5 Å². The van der Waals surface area contributed by atoms with Gasteiger partial charge in [-0.15, -0.1) is 0 Å². The number of carbonyl (C=O) groups excluding carboxylic acids is 1. The van der Waals surface area contributed by atoms with Crippen LogP contribution in [0.2, 0.25) is 0 Å². The molecule has 2 N–H and O–H groups in total. The van der Waals surface area contributed by atoms with Crippen molar-refractivity contribution in [1.82, 2.24) is 0 Å². The number of halogens is 3. The number of ketones is 1. The third-order valence-corrected chi connectivity index (χ3v) is 2.25. The van der Waals surface area contributed by atoms with Gasteiger partial charge >= 0.3 is 6.18 Å². The monoisotopic (exact) mass is 247 g/mol. The first-order valence-corrected chi connectivity index (χ1v) is 4.84. The molecule has 17 heavy (non-hydrogen) atoms. The number of nitrogens with two attached hydrogens (primary N) is 1. The molecule has 94 valence electrons. The van der Waals surface area contributed by atoms with Gasteiger partial charge in [0.2, 0.25) is 0 Å². The van der Waals surface area contributed by atoms with E-state index in [1.54, 1.807) is 24.3 Å². The molecule has 1 aromatic carbocycles. The summed E-state index contributed by atoms with van der Waals surface area (Å²) in [6.07, 6.45) is -5.11. The summed E-state index contributed by atoms with van der Waals surface area (Å²) in [6, 6.07) is 4.89. The standard InChI is InChI=1S/C11H12F3NO2/c1-17-9-5-3-2-4-7(9)6-8(15)10(16)11(12,13)14/h2-5,8H,6,15H2,1H3. The lowest BCUT2D eigenvalue weighted by atomic mass is 10.0. The zero-order chi connectivity index (χ0) is 13.1. The van der Waals surface area contributed by atoms with Crippen LogP contribution in [0.4, 0.5) is 13.2 Å². The lowest BCUT2D eigenvalue weighted by Gasteiger charge is -2.14. The van der Waals surface area contributed by atoms with Crippen molar-refractivity contribution in [3.63, 3.8) is 0 Å². The van der Waals surface area contributed by atoms with Gasteiger partial charge in [0.1, 0.15) is 5.75 Å². The molecule has 6 heteroatoms. The minimum absolute atomic E-state index is 0.206. The molecule has 0 heterocycles. The zero-order valence-electron chi connectivity index (χ0n) is 9.12. The van der Waals surface area contributed by atoms with E-state index in [9.17, 15) is 18.0 Å². The van der Waals surface area contributed by atoms with Gasteiger partial charge in [0.15, 0.2) is 0 Å². The maximum Gasteiger partial charge on any atom is 0.451 e. The Labute approximate surface area is 96.4 Å². The second kappa shape index (κ2) is 5.18. The van der Waals surface area contributed by atoms with E-state index < -0.39 is 18.0 Å². The summed E-state index contributed by atoms with van der Waals surface area (Å²) in [4.78, 5) is 10.9. The van der Waals surface area contributed by atoms with Crippen LogP contribution in [0.15, 0.2) is 24.3 Å². The first-order chi connectivity index (χ1) is 7.86. The molecule has 0 aliphatic rings. The molecule has 0 saturated carbocycles. The number of methoxy groups -OCH3 is 1. The third-order valence-electron chi connectivity index (χ3n) is 2.25. The van der Waals surface area contributed by atoms with Gasteiger partial charge in [0, 0.05) is 0 Å². The van der Waals surface area contributed by atoms with Crippen LogP contribution in [0.5, 0.6) is 5.75 Å². The lowest BCUT2D eigenvalue weighted by Crippen LogP contribution is -2.41. The van der Waals surface area contributed by atoms with E-state index in [0.29, 0.717) is 11.3 Å². The third kappa shape index (κ3) is 3.45. The molecule has 1 unspecified atom stereocenters. The minimum Gasteiger partial charge on any atom is -0.496 e. The Morgan fingerprint density at radius 3 is 2.53 bits per heavy atom. The fourth-order valence-corrected chi connectivity index (χ4v) is 1.41. The second-order valence-corrected chi connectivity index (χ2v) is 3.48. The van der Waals surface area contributed by atoms with Crippen LogP contribution in [0.25, 0.3) is 0 Å². The van der Waals surface area contributed by atoms with Gasteiger partial charge in [-0.3, -0.25) is 4.79 Å². The average Bonchev–Trinajstić information content (AvgIpc) is 2.27. The van der Waals surface area contributed by atoms with E-state index in [2.05, 4.69) is 0 Å². The van der Waals surface area contributed by atoms with E-state index >= 15 is 0 Å². The molecule has 0 radical (unpaired) electrons. The van der Waals surface area contributed by atoms with Gasteiger partial charge in [0.05, 0.1) is 13.2 Å². The number of alkyl halides is 3. The Morgan fingerprint density at radius 1 is 1.41 bits per heavy atom. The molecular formula is C11H12F3NO2. The number of ether oxygens (including phenoxy) is 1. The van der Waals surface area contributed by atoms with Crippen molar-refractivity contribution in [3.8, 4) is 5.75 Å². The molecule has 0 fully saturated rings. The van der Waals surface area contributed by atoms with Crippen LogP contribution in [-0.2, 0) is 11.2 Å². The Bertz CT molecular complexity index is 404. The molecular weight excluding hydrogens is 235 g/mol. The van der Waals surface area contributed by atoms with Crippen molar-refractivity contribution in [2.45, 2.75) is 18.6 Å². The van der Waals surface area contributed by atoms with Crippen LogP contribution in [-0.4, -0.2) is 25.1 Å². The smallest absolute Gasteiger partial charge is 0.451 e. The van der Waals surface area contributed by atoms with Gasteiger partial charge in [0.25, 0.3) is 5.78 Å². The number of benzene rings is 1. The summed E-state index contributed by atoms with van der Waals surface area (Å²) in [5, 5.41) is 0. The van der Waals surface area contributed by atoms with Gasteiger partial charge in [-0.1, -0.05) is 18.2 Å². The van der Waals surface area contributed by atoms with E-state index in [0.717, 1.165) is 0 Å². The van der Waals surface area contributed by atoms with Crippen molar-refractivity contribution < 1.29 is 22.7 Å². The summed E-state index contributed by atoms with van der Waals surface area (Å²) < 4.78 is 41.3. The molecule has 0 spiro atoms. The highest BCUT2D eigenvalue weighted by atomic mass is 19.4. The van der Waals surface area contributed by atoms with E-state index in [-0.39, 0.29) is 6.42 Å².